The highest BCUT2D eigenvalue weighted by Gasteiger charge is 2.19. The smallest absolute Gasteiger partial charge is 0.407 e. The summed E-state index contributed by atoms with van der Waals surface area (Å²) in [6.07, 6.45) is 1.40. The largest absolute Gasteiger partial charge is 0.480 e. The number of carboxylic acids is 1. The number of ether oxygens (including phenoxy) is 1. The van der Waals surface area contributed by atoms with Crippen LogP contribution in [0.4, 0.5) is 4.79 Å². The van der Waals surface area contributed by atoms with Gasteiger partial charge >= 0.3 is 12.1 Å². The highest BCUT2D eigenvalue weighted by atomic mass is 32.2. The summed E-state index contributed by atoms with van der Waals surface area (Å²) in [5, 5.41) is 19.9. The second-order valence-corrected chi connectivity index (χ2v) is 4.35. The second-order valence-electron chi connectivity index (χ2n) is 3.36. The van der Waals surface area contributed by atoms with Crippen LogP contribution in [0.5, 0.6) is 0 Å². The van der Waals surface area contributed by atoms with Gasteiger partial charge in [0.25, 0.3) is 5.09 Å². The van der Waals surface area contributed by atoms with Crippen LogP contribution in [0.2, 0.25) is 0 Å². The summed E-state index contributed by atoms with van der Waals surface area (Å²) >= 11 is 1.47. The zero-order valence-corrected chi connectivity index (χ0v) is 11.2. The van der Waals surface area contributed by atoms with Crippen molar-refractivity contribution in [1.29, 1.82) is 0 Å². The minimum atomic E-state index is -1.14. The van der Waals surface area contributed by atoms with E-state index in [1.54, 1.807) is 0 Å². The number of hydrogen-bond acceptors (Lipinski definition) is 7. The van der Waals surface area contributed by atoms with Crippen LogP contribution in [0.15, 0.2) is 0 Å². The Kier molecular flexibility index (Phi) is 9.31. The Morgan fingerprint density at radius 3 is 2.68 bits per heavy atom. The Labute approximate surface area is 113 Å². The van der Waals surface area contributed by atoms with Crippen LogP contribution in [0.1, 0.15) is 12.8 Å². The van der Waals surface area contributed by atoms with Crippen molar-refractivity contribution in [1.82, 2.24) is 5.32 Å². The number of thioether (sulfide) groups is 1. The minimum absolute atomic E-state index is 0.0887. The molecule has 0 fully saturated rings. The lowest BCUT2D eigenvalue weighted by Gasteiger charge is -2.13. The molecule has 19 heavy (non-hydrogen) atoms. The maximum absolute atomic E-state index is 11.2. The average molecular weight is 296 g/mol. The molecule has 1 atom stereocenters. The summed E-state index contributed by atoms with van der Waals surface area (Å²) in [5.74, 6) is -0.545. The second kappa shape index (κ2) is 10.2. The van der Waals surface area contributed by atoms with Crippen LogP contribution in [0.3, 0.4) is 0 Å². The molecule has 110 valence electrons. The number of carboxylic acid groups (broad SMARTS) is 1. The minimum Gasteiger partial charge on any atom is -0.480 e. The predicted octanol–water partition coefficient (Wildman–Crippen LogP) is 0.517. The third-order valence-electron chi connectivity index (χ3n) is 1.92. The van der Waals surface area contributed by atoms with E-state index in [1.165, 1.54) is 11.8 Å². The van der Waals surface area contributed by atoms with E-state index in [-0.39, 0.29) is 26.1 Å². The molecule has 0 heterocycles. The van der Waals surface area contributed by atoms with Crippen molar-refractivity contribution >= 4 is 23.8 Å². The molecule has 0 aromatic carbocycles. The number of hydrogen-bond donors (Lipinski definition) is 2. The van der Waals surface area contributed by atoms with Gasteiger partial charge in [-0.15, -0.1) is 10.1 Å². The van der Waals surface area contributed by atoms with E-state index >= 15 is 0 Å². The number of aliphatic carboxylic acids is 1. The average Bonchev–Trinajstić information content (AvgIpc) is 2.33. The van der Waals surface area contributed by atoms with E-state index in [1.807, 2.05) is 6.26 Å². The normalized spacial score (nSPS) is 11.4. The predicted molar refractivity (Wildman–Crippen MR) is 66.5 cm³/mol. The molecular formula is C9H16N2O7S. The van der Waals surface area contributed by atoms with E-state index in [9.17, 15) is 19.7 Å². The molecule has 0 aliphatic rings. The van der Waals surface area contributed by atoms with E-state index < -0.39 is 23.2 Å². The Balaban J connectivity index is 3.80. The van der Waals surface area contributed by atoms with E-state index in [2.05, 4.69) is 14.9 Å². The van der Waals surface area contributed by atoms with Gasteiger partial charge in [0, 0.05) is 6.42 Å². The topological polar surface area (TPSA) is 128 Å². The summed E-state index contributed by atoms with van der Waals surface area (Å²) in [6.45, 7) is -0.274. The number of rotatable bonds is 10. The highest BCUT2D eigenvalue weighted by Crippen LogP contribution is 2.01. The van der Waals surface area contributed by atoms with Crippen LogP contribution in [-0.4, -0.2) is 53.5 Å². The molecule has 0 saturated carbocycles. The molecule has 0 radical (unpaired) electrons. The van der Waals surface area contributed by atoms with Crippen molar-refractivity contribution in [2.45, 2.75) is 18.9 Å². The summed E-state index contributed by atoms with van der Waals surface area (Å²) in [7, 11) is 0. The number of carbonyl (C=O) groups is 2. The molecule has 10 heteroatoms. The van der Waals surface area contributed by atoms with Gasteiger partial charge in [-0.25, -0.2) is 9.59 Å². The molecule has 9 nitrogen and oxygen atoms in total. The van der Waals surface area contributed by atoms with Gasteiger partial charge in [-0.05, 0) is 18.4 Å². The fourth-order valence-electron chi connectivity index (χ4n) is 1.04. The first-order valence-electron chi connectivity index (χ1n) is 5.39. The van der Waals surface area contributed by atoms with E-state index in [0.717, 1.165) is 0 Å². The lowest BCUT2D eigenvalue weighted by molar-refractivity contribution is -0.757. The monoisotopic (exact) mass is 296 g/mol. The Hall–Kier alpha value is -1.71. The summed E-state index contributed by atoms with van der Waals surface area (Å²) < 4.78 is 4.66. The number of alkyl carbamates (subject to hydrolysis) is 1. The lowest BCUT2D eigenvalue weighted by Crippen LogP contribution is -2.41. The molecule has 0 aromatic heterocycles. The van der Waals surface area contributed by atoms with Gasteiger partial charge in [0.15, 0.2) is 0 Å². The Morgan fingerprint density at radius 1 is 1.47 bits per heavy atom. The van der Waals surface area contributed by atoms with Gasteiger partial charge in [0.2, 0.25) is 0 Å². The van der Waals surface area contributed by atoms with Crippen LogP contribution in [0.25, 0.3) is 0 Å². The van der Waals surface area contributed by atoms with Crippen LogP contribution < -0.4 is 5.32 Å². The van der Waals surface area contributed by atoms with E-state index in [0.29, 0.717) is 5.75 Å². The first-order chi connectivity index (χ1) is 8.97. The summed E-state index contributed by atoms with van der Waals surface area (Å²) in [6, 6.07) is -1.00. The van der Waals surface area contributed by atoms with Gasteiger partial charge < -0.3 is 20.0 Å². The summed E-state index contributed by atoms with van der Waals surface area (Å²) in [5.41, 5.74) is 0. The first kappa shape index (κ1) is 17.3. The van der Waals surface area contributed by atoms with Crippen molar-refractivity contribution in [2.24, 2.45) is 0 Å². The highest BCUT2D eigenvalue weighted by molar-refractivity contribution is 7.98. The number of carbonyl (C=O) groups excluding carboxylic acids is 1. The summed E-state index contributed by atoms with van der Waals surface area (Å²) in [4.78, 5) is 35.9. The maximum Gasteiger partial charge on any atom is 0.407 e. The molecule has 0 rings (SSSR count). The molecule has 0 aliphatic heterocycles. The molecule has 0 bridgehead atoms. The fourth-order valence-corrected chi connectivity index (χ4v) is 1.51. The van der Waals surface area contributed by atoms with Crippen molar-refractivity contribution in [3.63, 3.8) is 0 Å². The van der Waals surface area contributed by atoms with Crippen LogP contribution >= 0.6 is 11.8 Å². The number of nitrogens with one attached hydrogen (secondary N) is 1. The maximum atomic E-state index is 11.2. The first-order valence-corrected chi connectivity index (χ1v) is 6.79. The molecule has 0 saturated heterocycles. The molecule has 2 N–H and O–H groups in total. The zero-order chi connectivity index (χ0) is 14.7. The number of nitrogens with zero attached hydrogens (tertiary/aromatic N) is 1. The number of amides is 1. The molecule has 0 aromatic rings. The van der Waals surface area contributed by atoms with Crippen LogP contribution in [-0.2, 0) is 14.4 Å². The fraction of sp³-hybridized carbons (Fsp3) is 0.778. The van der Waals surface area contributed by atoms with Crippen LogP contribution in [0, 0.1) is 10.1 Å². The molecular weight excluding hydrogens is 280 g/mol. The molecule has 0 spiro atoms. The molecule has 1 unspecified atom stereocenters. The quantitative estimate of drug-likeness (QED) is 0.339. The Bertz CT molecular complexity index is 313. The standard InChI is InChI=1S/C9H16N2O7S/c1-19-6-3-7(8(12)13)10-9(14)17-4-2-5-18-11(15)16/h7H,2-6H2,1H3,(H,10,14)(H,12,13). The van der Waals surface area contributed by atoms with Gasteiger partial charge in [-0.1, -0.05) is 0 Å². The molecule has 0 aliphatic carbocycles. The third kappa shape index (κ3) is 9.94. The Morgan fingerprint density at radius 2 is 2.16 bits per heavy atom. The van der Waals surface area contributed by atoms with Crippen molar-refractivity contribution < 1.29 is 29.4 Å². The van der Waals surface area contributed by atoms with Gasteiger partial charge in [0.05, 0.1) is 13.2 Å². The molecule has 1 amide bonds. The zero-order valence-electron chi connectivity index (χ0n) is 10.4. The lowest BCUT2D eigenvalue weighted by atomic mass is 10.2. The van der Waals surface area contributed by atoms with Crippen molar-refractivity contribution in [3.8, 4) is 0 Å². The SMILES string of the molecule is CSCCC(NC(=O)OCCCO[N+](=O)[O-])C(=O)O. The third-order valence-corrected chi connectivity index (χ3v) is 2.56. The van der Waals surface area contributed by atoms with Gasteiger partial charge in [0.1, 0.15) is 6.04 Å². The van der Waals surface area contributed by atoms with Gasteiger partial charge in [-0.3, -0.25) is 0 Å². The van der Waals surface area contributed by atoms with Crippen molar-refractivity contribution in [3.05, 3.63) is 10.1 Å². The van der Waals surface area contributed by atoms with E-state index in [4.69, 9.17) is 5.11 Å². The van der Waals surface area contributed by atoms with Gasteiger partial charge in [-0.2, -0.15) is 11.8 Å². The van der Waals surface area contributed by atoms with Crippen molar-refractivity contribution in [2.75, 3.05) is 25.2 Å².